The van der Waals surface area contributed by atoms with E-state index in [0.29, 0.717) is 12.4 Å². The lowest BCUT2D eigenvalue weighted by atomic mass is 10.1. The Kier molecular flexibility index (Phi) is 5.48. The van der Waals surface area contributed by atoms with Crippen molar-refractivity contribution in [3.05, 3.63) is 81.0 Å². The van der Waals surface area contributed by atoms with E-state index in [1.54, 1.807) is 23.1 Å². The molecule has 0 amide bonds. The number of thiophene rings is 1. The van der Waals surface area contributed by atoms with Gasteiger partial charge in [-0.05, 0) is 62.2 Å². The van der Waals surface area contributed by atoms with Crippen LogP contribution in [0.3, 0.4) is 0 Å². The van der Waals surface area contributed by atoms with Crippen LogP contribution in [0, 0.1) is 20.8 Å². The van der Waals surface area contributed by atoms with E-state index >= 15 is 0 Å². The van der Waals surface area contributed by atoms with Crippen molar-refractivity contribution in [2.75, 3.05) is 6.61 Å². The molecule has 5 nitrogen and oxygen atoms in total. The Morgan fingerprint density at radius 3 is 2.68 bits per heavy atom. The molecule has 0 radical (unpaired) electrons. The summed E-state index contributed by atoms with van der Waals surface area (Å²) < 4.78 is 0. The molecule has 0 spiro atoms. The van der Waals surface area contributed by atoms with Gasteiger partial charge in [-0.25, -0.2) is 5.48 Å². The topological polar surface area (TPSA) is 59.4 Å². The van der Waals surface area contributed by atoms with Crippen LogP contribution in [-0.2, 0) is 4.84 Å². The second-order valence-corrected chi connectivity index (χ2v) is 9.98. The van der Waals surface area contributed by atoms with E-state index in [9.17, 15) is 0 Å². The van der Waals surface area contributed by atoms with Crippen molar-refractivity contribution in [1.29, 1.82) is 0 Å². The van der Waals surface area contributed by atoms with Gasteiger partial charge < -0.3 is 0 Å². The quantitative estimate of drug-likeness (QED) is 0.430. The molecule has 0 fully saturated rings. The van der Waals surface area contributed by atoms with Gasteiger partial charge in [-0.2, -0.15) is 0 Å². The van der Waals surface area contributed by atoms with Crippen LogP contribution in [0.5, 0.6) is 0 Å². The molecule has 0 saturated carbocycles. The minimum absolute atomic E-state index is 0.0404. The Bertz CT molecular complexity index is 1300. The summed E-state index contributed by atoms with van der Waals surface area (Å²) in [6.45, 7) is 6.86. The molecule has 2 aromatic heterocycles. The number of hydroxylamine groups is 1. The molecule has 0 saturated heterocycles. The predicted molar refractivity (Wildman–Crippen MR) is 127 cm³/mol. The highest BCUT2D eigenvalue weighted by molar-refractivity contribution is 7.99. The highest BCUT2D eigenvalue weighted by Crippen LogP contribution is 2.35. The second-order valence-electron chi connectivity index (χ2n) is 7.60. The summed E-state index contributed by atoms with van der Waals surface area (Å²) in [6.07, 6.45) is 0. The average molecular weight is 447 g/mol. The lowest BCUT2D eigenvalue weighted by molar-refractivity contribution is 0.0628. The van der Waals surface area contributed by atoms with Crippen molar-refractivity contribution >= 4 is 39.8 Å². The van der Waals surface area contributed by atoms with Crippen molar-refractivity contribution in [3.8, 4) is 0 Å². The Morgan fingerprint density at radius 1 is 1.00 bits per heavy atom. The van der Waals surface area contributed by atoms with E-state index in [0.717, 1.165) is 26.4 Å². The first kappa shape index (κ1) is 20.2. The van der Waals surface area contributed by atoms with Gasteiger partial charge in [0.1, 0.15) is 17.7 Å². The third-order valence-corrected chi connectivity index (χ3v) is 7.42. The first-order valence-electron chi connectivity index (χ1n) is 10.1. The summed E-state index contributed by atoms with van der Waals surface area (Å²) in [5.41, 5.74) is 7.34. The number of benzene rings is 2. The highest BCUT2D eigenvalue weighted by atomic mass is 32.2. The molecule has 2 aromatic carbocycles. The van der Waals surface area contributed by atoms with Crippen molar-refractivity contribution in [2.24, 2.45) is 4.99 Å². The molecule has 5 rings (SSSR count). The zero-order valence-electron chi connectivity index (χ0n) is 17.5. The number of aromatic nitrogens is 2. The molecule has 0 aliphatic carbocycles. The number of hydrogen-bond acceptors (Lipinski definition) is 7. The van der Waals surface area contributed by atoms with Gasteiger partial charge in [0, 0.05) is 20.0 Å². The van der Waals surface area contributed by atoms with Crippen LogP contribution in [-0.4, -0.2) is 22.6 Å². The van der Waals surface area contributed by atoms with Crippen LogP contribution in [0.25, 0.3) is 10.9 Å². The zero-order valence-corrected chi connectivity index (χ0v) is 19.2. The molecular formula is C24H22N4OS2. The Balaban J connectivity index is 1.62. The van der Waals surface area contributed by atoms with Crippen LogP contribution in [0.1, 0.15) is 32.5 Å². The number of aliphatic imine (C=N–C) groups is 1. The summed E-state index contributed by atoms with van der Waals surface area (Å²) in [4.78, 5) is 14.4. The summed E-state index contributed by atoms with van der Waals surface area (Å²) in [5.74, 6) is 0.694. The minimum atomic E-state index is -0.0404. The summed E-state index contributed by atoms with van der Waals surface area (Å²) in [7, 11) is 0. The third-order valence-electron chi connectivity index (χ3n) is 5.35. The minimum Gasteiger partial charge on any atom is -0.272 e. The monoisotopic (exact) mass is 446 g/mol. The normalized spacial score (nSPS) is 16.2. The molecule has 3 heterocycles. The van der Waals surface area contributed by atoms with Gasteiger partial charge in [-0.3, -0.25) is 9.83 Å². The molecule has 1 N–H and O–H groups in total. The fraction of sp³-hybridized carbons (Fsp3) is 0.208. The maximum Gasteiger partial charge on any atom is 0.156 e. The molecule has 0 bridgehead atoms. The number of nitrogens with one attached hydrogen (secondary N) is 1. The second kappa shape index (κ2) is 8.42. The highest BCUT2D eigenvalue weighted by Gasteiger charge is 2.24. The molecule has 7 heteroatoms. The van der Waals surface area contributed by atoms with Crippen LogP contribution in [0.4, 0.5) is 0 Å². The van der Waals surface area contributed by atoms with Gasteiger partial charge in [0.2, 0.25) is 0 Å². The smallest absolute Gasteiger partial charge is 0.156 e. The Labute approximate surface area is 189 Å². The van der Waals surface area contributed by atoms with Crippen LogP contribution in [0.15, 0.2) is 69.5 Å². The van der Waals surface area contributed by atoms with E-state index < -0.39 is 0 Å². The Hall–Kier alpha value is -2.74. The molecule has 1 aliphatic heterocycles. The van der Waals surface area contributed by atoms with Crippen LogP contribution >= 0.6 is 23.1 Å². The number of amidine groups is 1. The van der Waals surface area contributed by atoms with Gasteiger partial charge >= 0.3 is 0 Å². The van der Waals surface area contributed by atoms with Gasteiger partial charge in [-0.15, -0.1) is 21.5 Å². The lowest BCUT2D eigenvalue weighted by Gasteiger charge is -2.23. The Morgan fingerprint density at radius 2 is 1.87 bits per heavy atom. The number of rotatable bonds is 4. The first-order chi connectivity index (χ1) is 15.1. The van der Waals surface area contributed by atoms with Crippen LogP contribution in [0.2, 0.25) is 0 Å². The summed E-state index contributed by atoms with van der Waals surface area (Å²) in [6, 6.07) is 18.7. The fourth-order valence-electron chi connectivity index (χ4n) is 3.53. The lowest BCUT2D eigenvalue weighted by Crippen LogP contribution is -2.33. The molecular weight excluding hydrogens is 424 g/mol. The average Bonchev–Trinajstić information content (AvgIpc) is 3.22. The van der Waals surface area contributed by atoms with Gasteiger partial charge in [0.25, 0.3) is 0 Å². The van der Waals surface area contributed by atoms with Gasteiger partial charge in [0.05, 0.1) is 11.1 Å². The van der Waals surface area contributed by atoms with E-state index in [1.165, 1.54) is 20.9 Å². The van der Waals surface area contributed by atoms with Gasteiger partial charge in [-0.1, -0.05) is 36.0 Å². The molecule has 156 valence electrons. The van der Waals surface area contributed by atoms with E-state index in [2.05, 4.69) is 72.8 Å². The summed E-state index contributed by atoms with van der Waals surface area (Å²) in [5, 5.41) is 10.8. The molecule has 1 aliphatic rings. The van der Waals surface area contributed by atoms with E-state index in [1.807, 2.05) is 18.2 Å². The number of nitrogens with zero attached hydrogens (tertiary/aromatic N) is 3. The first-order valence-corrected chi connectivity index (χ1v) is 11.7. The number of hydrogen-bond donors (Lipinski definition) is 1. The van der Waals surface area contributed by atoms with Crippen molar-refractivity contribution < 1.29 is 4.84 Å². The molecule has 0 unspecified atom stereocenters. The SMILES string of the molecule is Cc1ccc([C@H]2CONC(c3c(Sc4ccc(C)c(C)c4)nnc4ccccc34)=N2)s1. The fourth-order valence-corrected chi connectivity index (χ4v) is 5.41. The predicted octanol–water partition coefficient (Wildman–Crippen LogP) is 5.79. The maximum absolute atomic E-state index is 5.77. The summed E-state index contributed by atoms with van der Waals surface area (Å²) >= 11 is 3.36. The molecule has 1 atom stereocenters. The maximum atomic E-state index is 5.77. The number of fused-ring (bicyclic) bond motifs is 1. The van der Waals surface area contributed by atoms with E-state index in [-0.39, 0.29) is 6.04 Å². The van der Waals surface area contributed by atoms with Gasteiger partial charge in [0.15, 0.2) is 5.84 Å². The molecule has 31 heavy (non-hydrogen) atoms. The zero-order chi connectivity index (χ0) is 21.4. The van der Waals surface area contributed by atoms with Crippen molar-refractivity contribution in [1.82, 2.24) is 15.7 Å². The largest absolute Gasteiger partial charge is 0.272 e. The standard InChI is InChI=1S/C24H22N4OS2/c1-14-8-10-17(12-15(14)2)31-24-22(18-6-4-5-7-19(18)26-27-24)23-25-20(13-29-28-23)21-11-9-16(3)30-21/h4-12,20H,13H2,1-3H3,(H,25,28)/t20-/m1/s1. The van der Waals surface area contributed by atoms with E-state index in [4.69, 9.17) is 9.83 Å². The van der Waals surface area contributed by atoms with Crippen LogP contribution < -0.4 is 5.48 Å². The third kappa shape index (κ3) is 4.08. The van der Waals surface area contributed by atoms with Crippen molar-refractivity contribution in [2.45, 2.75) is 36.7 Å². The number of aryl methyl sites for hydroxylation is 3. The van der Waals surface area contributed by atoms with Crippen molar-refractivity contribution in [3.63, 3.8) is 0 Å². The molecule has 4 aromatic rings.